The van der Waals surface area contributed by atoms with Gasteiger partial charge in [-0.05, 0) is 67.8 Å². The van der Waals surface area contributed by atoms with Crippen molar-refractivity contribution in [3.63, 3.8) is 0 Å². The van der Waals surface area contributed by atoms with Gasteiger partial charge < -0.3 is 18.9 Å². The van der Waals surface area contributed by atoms with Gasteiger partial charge in [-0.1, -0.05) is 20.8 Å². The Morgan fingerprint density at radius 3 is 2.62 bits per heavy atom. The summed E-state index contributed by atoms with van der Waals surface area (Å²) >= 11 is 0. The van der Waals surface area contributed by atoms with Gasteiger partial charge >= 0.3 is 5.97 Å². The molecule has 0 saturated heterocycles. The van der Waals surface area contributed by atoms with E-state index in [1.54, 1.807) is 14.2 Å². The highest BCUT2D eigenvalue weighted by atomic mass is 16.7. The predicted octanol–water partition coefficient (Wildman–Crippen LogP) is 4.70. The number of carbonyl (C=O) groups excluding carboxylic acids is 1. The van der Waals surface area contributed by atoms with Crippen LogP contribution in [0.1, 0.15) is 65.7 Å². The van der Waals surface area contributed by atoms with Crippen LogP contribution < -0.4 is 0 Å². The summed E-state index contributed by atoms with van der Waals surface area (Å²) in [4.78, 5) is 13.2. The van der Waals surface area contributed by atoms with Crippen molar-refractivity contribution in [3.05, 3.63) is 11.3 Å². The van der Waals surface area contributed by atoms with Gasteiger partial charge in [-0.15, -0.1) is 0 Å². The standard InChI is InChI=1S/C24H38O5/c1-15(13-26-4)17-6-7-18-21-19(9-11-23(17,18)2)24(3)10-8-16(28-14-27-5)12-20(24)22(25)29-21/h15-18,20H,6-14H2,1-5H3/t15-,16+,17-,18+,20-,23-,24-/m1/s1. The molecule has 0 radical (unpaired) electrons. The largest absolute Gasteiger partial charge is 0.431 e. The molecule has 0 aromatic rings. The smallest absolute Gasteiger partial charge is 0.315 e. The lowest BCUT2D eigenvalue weighted by molar-refractivity contribution is -0.164. The molecule has 164 valence electrons. The van der Waals surface area contributed by atoms with Gasteiger partial charge in [0, 0.05) is 32.2 Å². The first-order valence-electron chi connectivity index (χ1n) is 11.4. The summed E-state index contributed by atoms with van der Waals surface area (Å²) in [5.41, 5.74) is 1.57. The summed E-state index contributed by atoms with van der Waals surface area (Å²) in [5.74, 6) is 2.46. The van der Waals surface area contributed by atoms with Crippen LogP contribution in [0.3, 0.4) is 0 Å². The second kappa shape index (κ2) is 7.97. The van der Waals surface area contributed by atoms with Crippen LogP contribution in [0.4, 0.5) is 0 Å². The van der Waals surface area contributed by atoms with E-state index in [0.29, 0.717) is 24.5 Å². The van der Waals surface area contributed by atoms with Crippen molar-refractivity contribution < 1.29 is 23.7 Å². The molecule has 0 amide bonds. The summed E-state index contributed by atoms with van der Waals surface area (Å²) in [6.07, 6.45) is 7.38. The maximum Gasteiger partial charge on any atom is 0.315 e. The minimum Gasteiger partial charge on any atom is -0.431 e. The highest BCUT2D eigenvalue weighted by Crippen LogP contribution is 2.64. The lowest BCUT2D eigenvalue weighted by Crippen LogP contribution is -2.50. The highest BCUT2D eigenvalue weighted by molar-refractivity contribution is 5.77. The number of allylic oxidation sites excluding steroid dienone is 2. The van der Waals surface area contributed by atoms with Crippen molar-refractivity contribution in [1.29, 1.82) is 0 Å². The molecule has 0 aromatic carbocycles. The Morgan fingerprint density at radius 1 is 1.10 bits per heavy atom. The second-order valence-corrected chi connectivity index (χ2v) is 10.4. The molecule has 0 unspecified atom stereocenters. The Balaban J connectivity index is 1.60. The van der Waals surface area contributed by atoms with Crippen LogP contribution in [0, 0.1) is 34.5 Å². The summed E-state index contributed by atoms with van der Waals surface area (Å²) in [6.45, 7) is 8.16. The molecule has 0 aromatic heterocycles. The van der Waals surface area contributed by atoms with E-state index < -0.39 is 0 Å². The summed E-state index contributed by atoms with van der Waals surface area (Å²) in [6, 6.07) is 0. The second-order valence-electron chi connectivity index (χ2n) is 10.4. The van der Waals surface area contributed by atoms with E-state index in [1.807, 2.05) is 0 Å². The fourth-order valence-corrected chi connectivity index (χ4v) is 7.28. The Morgan fingerprint density at radius 2 is 1.90 bits per heavy atom. The number of carbonyl (C=O) groups is 1. The molecule has 0 spiro atoms. The van der Waals surface area contributed by atoms with E-state index in [0.717, 1.165) is 44.5 Å². The van der Waals surface area contributed by atoms with Gasteiger partial charge in [0.25, 0.3) is 0 Å². The molecule has 3 aliphatic carbocycles. The number of hydrogen-bond donors (Lipinski definition) is 0. The minimum absolute atomic E-state index is 0.0328. The van der Waals surface area contributed by atoms with Crippen molar-refractivity contribution in [2.45, 2.75) is 71.8 Å². The zero-order valence-electron chi connectivity index (χ0n) is 18.8. The van der Waals surface area contributed by atoms with Crippen LogP contribution in [-0.4, -0.2) is 39.7 Å². The van der Waals surface area contributed by atoms with Gasteiger partial charge in [0.2, 0.25) is 0 Å². The van der Waals surface area contributed by atoms with E-state index in [-0.39, 0.29) is 28.8 Å². The van der Waals surface area contributed by atoms with Crippen molar-refractivity contribution in [2.24, 2.45) is 34.5 Å². The van der Waals surface area contributed by atoms with Crippen LogP contribution in [0.15, 0.2) is 11.3 Å². The van der Waals surface area contributed by atoms with E-state index in [1.165, 1.54) is 18.4 Å². The molecule has 5 nitrogen and oxygen atoms in total. The first kappa shape index (κ1) is 21.3. The number of hydrogen-bond acceptors (Lipinski definition) is 5. The van der Waals surface area contributed by atoms with Crippen LogP contribution in [-0.2, 0) is 23.7 Å². The summed E-state index contributed by atoms with van der Waals surface area (Å²) in [5, 5.41) is 0. The van der Waals surface area contributed by atoms with Gasteiger partial charge in [0.15, 0.2) is 0 Å². The molecule has 1 aliphatic heterocycles. The number of fused-ring (bicyclic) bond motifs is 4. The normalized spacial score (nSPS) is 42.7. The van der Waals surface area contributed by atoms with Crippen LogP contribution in [0.2, 0.25) is 0 Å². The van der Waals surface area contributed by atoms with Gasteiger partial charge in [-0.3, -0.25) is 4.79 Å². The lowest BCUT2D eigenvalue weighted by atomic mass is 9.55. The van der Waals surface area contributed by atoms with Crippen LogP contribution in [0.25, 0.3) is 0 Å². The fourth-order valence-electron chi connectivity index (χ4n) is 7.28. The molecular weight excluding hydrogens is 368 g/mol. The summed E-state index contributed by atoms with van der Waals surface area (Å²) < 4.78 is 22.5. The van der Waals surface area contributed by atoms with Crippen molar-refractivity contribution >= 4 is 5.97 Å². The maximum atomic E-state index is 13.2. The van der Waals surface area contributed by atoms with Crippen LogP contribution >= 0.6 is 0 Å². The highest BCUT2D eigenvalue weighted by Gasteiger charge is 2.59. The Labute approximate surface area is 175 Å². The van der Waals surface area contributed by atoms with E-state index in [9.17, 15) is 4.79 Å². The molecule has 4 rings (SSSR count). The topological polar surface area (TPSA) is 54.0 Å². The molecule has 5 heteroatoms. The number of methoxy groups -OCH3 is 2. The van der Waals surface area contributed by atoms with E-state index in [4.69, 9.17) is 18.9 Å². The monoisotopic (exact) mass is 406 g/mol. The van der Waals surface area contributed by atoms with Crippen molar-refractivity contribution in [1.82, 2.24) is 0 Å². The SMILES string of the molecule is COCO[C@H]1CC[C@]2(C)C3=C(OC(=O)[C@H]2C1)[C@@H]1CC[C@H]([C@H](C)COC)[C@@]1(C)CC3. The zero-order valence-corrected chi connectivity index (χ0v) is 18.8. The van der Waals surface area contributed by atoms with Crippen LogP contribution in [0.5, 0.6) is 0 Å². The molecule has 7 atom stereocenters. The van der Waals surface area contributed by atoms with Crippen molar-refractivity contribution in [3.8, 4) is 0 Å². The van der Waals surface area contributed by atoms with E-state index >= 15 is 0 Å². The quantitative estimate of drug-likeness (QED) is 0.473. The molecule has 0 bridgehead atoms. The Hall–Kier alpha value is -0.910. The van der Waals surface area contributed by atoms with Gasteiger partial charge in [0.1, 0.15) is 12.6 Å². The van der Waals surface area contributed by atoms with Gasteiger partial charge in [0.05, 0.1) is 12.0 Å². The molecule has 1 heterocycles. The van der Waals surface area contributed by atoms with Gasteiger partial charge in [-0.2, -0.15) is 0 Å². The number of rotatable bonds is 6. The third-order valence-corrected chi connectivity index (χ3v) is 8.91. The fraction of sp³-hybridized carbons (Fsp3) is 0.875. The molecule has 2 saturated carbocycles. The average molecular weight is 407 g/mol. The first-order chi connectivity index (χ1) is 13.8. The predicted molar refractivity (Wildman–Crippen MR) is 110 cm³/mol. The lowest BCUT2D eigenvalue weighted by Gasteiger charge is -2.53. The molecular formula is C24H38O5. The van der Waals surface area contributed by atoms with Crippen molar-refractivity contribution in [2.75, 3.05) is 27.6 Å². The molecule has 29 heavy (non-hydrogen) atoms. The van der Waals surface area contributed by atoms with E-state index in [2.05, 4.69) is 20.8 Å². The molecule has 2 fully saturated rings. The molecule has 0 N–H and O–H groups in total. The summed E-state index contributed by atoms with van der Waals surface area (Å²) in [7, 11) is 3.43. The number of ether oxygens (including phenoxy) is 4. The first-order valence-corrected chi connectivity index (χ1v) is 11.4. The minimum atomic E-state index is -0.0918. The van der Waals surface area contributed by atoms with Gasteiger partial charge in [-0.25, -0.2) is 0 Å². The Kier molecular flexibility index (Phi) is 5.86. The number of esters is 1. The Bertz CT molecular complexity index is 672. The average Bonchev–Trinajstić information content (AvgIpc) is 3.04. The third kappa shape index (κ3) is 3.37. The molecule has 4 aliphatic rings. The zero-order chi connectivity index (χ0) is 20.8. The maximum absolute atomic E-state index is 13.2. The third-order valence-electron chi connectivity index (χ3n) is 8.91.